The average molecular weight is 419 g/mol. The normalized spacial score (nSPS) is 11.6. The quantitative estimate of drug-likeness (QED) is 0.496. The lowest BCUT2D eigenvalue weighted by atomic mass is 10.0. The first kappa shape index (κ1) is 20.0. The van der Waals surface area contributed by atoms with Gasteiger partial charge in [-0.15, -0.1) is 10.2 Å². The highest BCUT2D eigenvalue weighted by atomic mass is 32.2. The molecule has 0 radical (unpaired) electrons. The van der Waals surface area contributed by atoms with Crippen LogP contribution in [-0.4, -0.2) is 25.7 Å². The number of hydrogen-bond donors (Lipinski definition) is 2. The van der Waals surface area contributed by atoms with Crippen LogP contribution in [0, 0.1) is 13.8 Å². The number of aromatic nitrogens is 2. The van der Waals surface area contributed by atoms with E-state index in [9.17, 15) is 8.42 Å². The summed E-state index contributed by atoms with van der Waals surface area (Å²) in [6.45, 7) is 3.80. The van der Waals surface area contributed by atoms with Crippen LogP contribution in [0.1, 0.15) is 11.1 Å². The van der Waals surface area contributed by atoms with Crippen molar-refractivity contribution in [3.63, 3.8) is 0 Å². The molecule has 2 N–H and O–H groups in total. The first-order chi connectivity index (χ1) is 14.4. The summed E-state index contributed by atoms with van der Waals surface area (Å²) in [4.78, 5) is 0.232. The molecule has 152 valence electrons. The molecular weight excluding hydrogens is 396 g/mol. The highest BCUT2D eigenvalue weighted by Gasteiger charge is 2.18. The molecule has 1 heterocycles. The molecule has 4 rings (SSSR count). The monoisotopic (exact) mass is 418 g/mol. The number of anilines is 2. The molecule has 0 aliphatic rings. The summed E-state index contributed by atoms with van der Waals surface area (Å²) in [6, 6.07) is 21.1. The van der Waals surface area contributed by atoms with Gasteiger partial charge in [0.05, 0.1) is 4.90 Å². The third kappa shape index (κ3) is 3.65. The van der Waals surface area contributed by atoms with E-state index in [1.54, 1.807) is 19.1 Å². The Hall–Kier alpha value is -3.29. The van der Waals surface area contributed by atoms with Gasteiger partial charge in [0, 0.05) is 22.0 Å². The van der Waals surface area contributed by atoms with Crippen LogP contribution in [0.15, 0.2) is 71.6 Å². The minimum Gasteiger partial charge on any atom is -0.338 e. The second-order valence-corrected chi connectivity index (χ2v) is 8.93. The number of aryl methyl sites for hydroxylation is 2. The first-order valence-corrected chi connectivity index (χ1v) is 11.0. The van der Waals surface area contributed by atoms with E-state index in [0.29, 0.717) is 22.6 Å². The zero-order valence-corrected chi connectivity index (χ0v) is 17.8. The number of para-hydroxylation sites is 1. The maximum Gasteiger partial charge on any atom is 0.240 e. The molecule has 0 aliphatic carbocycles. The molecule has 0 atom stereocenters. The number of benzene rings is 3. The number of rotatable bonds is 5. The maximum absolute atomic E-state index is 12.4. The fourth-order valence-corrected chi connectivity index (χ4v) is 4.39. The molecule has 1 aromatic heterocycles. The molecule has 30 heavy (non-hydrogen) atoms. The second kappa shape index (κ2) is 7.85. The van der Waals surface area contributed by atoms with Gasteiger partial charge in [-0.2, -0.15) is 0 Å². The zero-order chi connectivity index (χ0) is 21.3. The van der Waals surface area contributed by atoms with E-state index in [-0.39, 0.29) is 4.90 Å². The molecule has 7 heteroatoms. The van der Waals surface area contributed by atoms with Gasteiger partial charge in [-0.1, -0.05) is 54.6 Å². The minimum atomic E-state index is -3.58. The van der Waals surface area contributed by atoms with Crippen molar-refractivity contribution < 1.29 is 8.42 Å². The maximum atomic E-state index is 12.4. The SMILES string of the molecule is CNS(=O)(=O)c1cc(-c2nnc(Nc3ccccc3C)c3ccccc23)ccc1C. The topological polar surface area (TPSA) is 84.0 Å². The third-order valence-electron chi connectivity index (χ3n) is 5.11. The Morgan fingerprint density at radius 2 is 1.50 bits per heavy atom. The van der Waals surface area contributed by atoms with E-state index < -0.39 is 10.0 Å². The Labute approximate surface area is 176 Å². The summed E-state index contributed by atoms with van der Waals surface area (Å²) in [7, 11) is -2.17. The van der Waals surface area contributed by atoms with Crippen LogP contribution in [0.5, 0.6) is 0 Å². The standard InChI is InChI=1S/C23H22N4O2S/c1-15-8-4-7-11-20(15)25-23-19-10-6-5-9-18(19)22(26-27-23)17-13-12-16(2)21(14-17)30(28,29)24-3/h4-14,24H,1-3H3,(H,25,27). The molecule has 0 spiro atoms. The Kier molecular flexibility index (Phi) is 5.24. The molecule has 0 bridgehead atoms. The van der Waals surface area contributed by atoms with Gasteiger partial charge in [-0.25, -0.2) is 13.1 Å². The van der Waals surface area contributed by atoms with Crippen molar-refractivity contribution in [2.75, 3.05) is 12.4 Å². The molecule has 4 aromatic rings. The summed E-state index contributed by atoms with van der Waals surface area (Å²) in [6.07, 6.45) is 0. The fraction of sp³-hybridized carbons (Fsp3) is 0.130. The molecule has 6 nitrogen and oxygen atoms in total. The number of hydrogen-bond acceptors (Lipinski definition) is 5. The molecular formula is C23H22N4O2S. The minimum absolute atomic E-state index is 0.232. The molecule has 0 amide bonds. The number of nitrogens with one attached hydrogen (secondary N) is 2. The van der Waals surface area contributed by atoms with Gasteiger partial charge in [-0.05, 0) is 44.2 Å². The second-order valence-electron chi connectivity index (χ2n) is 7.07. The van der Waals surface area contributed by atoms with E-state index in [4.69, 9.17) is 0 Å². The fourth-order valence-electron chi connectivity index (χ4n) is 3.40. The van der Waals surface area contributed by atoms with E-state index in [1.165, 1.54) is 7.05 Å². The van der Waals surface area contributed by atoms with E-state index in [0.717, 1.165) is 22.0 Å². The highest BCUT2D eigenvalue weighted by Crippen LogP contribution is 2.33. The van der Waals surface area contributed by atoms with Crippen LogP contribution >= 0.6 is 0 Å². The van der Waals surface area contributed by atoms with Gasteiger partial charge in [0.1, 0.15) is 5.69 Å². The Morgan fingerprint density at radius 1 is 0.800 bits per heavy atom. The van der Waals surface area contributed by atoms with Gasteiger partial charge in [0.2, 0.25) is 10.0 Å². The van der Waals surface area contributed by atoms with Gasteiger partial charge < -0.3 is 5.32 Å². The molecule has 0 unspecified atom stereocenters. The largest absolute Gasteiger partial charge is 0.338 e. The van der Waals surface area contributed by atoms with Crippen LogP contribution in [0.2, 0.25) is 0 Å². The van der Waals surface area contributed by atoms with Crippen LogP contribution in [0.3, 0.4) is 0 Å². The number of fused-ring (bicyclic) bond motifs is 1. The van der Waals surface area contributed by atoms with Crippen LogP contribution in [-0.2, 0) is 10.0 Å². The van der Waals surface area contributed by atoms with Crippen molar-refractivity contribution in [3.05, 3.63) is 77.9 Å². The number of nitrogens with zero attached hydrogens (tertiary/aromatic N) is 2. The van der Waals surface area contributed by atoms with E-state index in [1.807, 2.05) is 61.5 Å². The van der Waals surface area contributed by atoms with Crippen molar-refractivity contribution >= 4 is 32.3 Å². The lowest BCUT2D eigenvalue weighted by molar-refractivity contribution is 0.587. The first-order valence-electron chi connectivity index (χ1n) is 9.53. The van der Waals surface area contributed by atoms with Gasteiger partial charge in [-0.3, -0.25) is 0 Å². The highest BCUT2D eigenvalue weighted by molar-refractivity contribution is 7.89. The van der Waals surface area contributed by atoms with E-state index >= 15 is 0 Å². The van der Waals surface area contributed by atoms with Crippen molar-refractivity contribution in [1.29, 1.82) is 0 Å². The molecule has 0 saturated heterocycles. The predicted molar refractivity (Wildman–Crippen MR) is 120 cm³/mol. The Bertz CT molecular complexity index is 1350. The van der Waals surface area contributed by atoms with E-state index in [2.05, 4.69) is 20.2 Å². The lowest BCUT2D eigenvalue weighted by Gasteiger charge is -2.14. The average Bonchev–Trinajstić information content (AvgIpc) is 2.76. The van der Waals surface area contributed by atoms with Crippen molar-refractivity contribution in [2.24, 2.45) is 0 Å². The van der Waals surface area contributed by atoms with Crippen LogP contribution in [0.25, 0.3) is 22.0 Å². The van der Waals surface area contributed by atoms with Crippen LogP contribution in [0.4, 0.5) is 11.5 Å². The molecule has 0 saturated carbocycles. The molecule has 0 fully saturated rings. The summed E-state index contributed by atoms with van der Waals surface area (Å²) < 4.78 is 27.2. The Morgan fingerprint density at radius 3 is 2.23 bits per heavy atom. The van der Waals surface area contributed by atoms with Crippen molar-refractivity contribution in [2.45, 2.75) is 18.7 Å². The Balaban J connectivity index is 1.87. The van der Waals surface area contributed by atoms with Crippen LogP contribution < -0.4 is 10.0 Å². The lowest BCUT2D eigenvalue weighted by Crippen LogP contribution is -2.19. The van der Waals surface area contributed by atoms with Crippen molar-refractivity contribution in [1.82, 2.24) is 14.9 Å². The molecule has 0 aliphatic heterocycles. The summed E-state index contributed by atoms with van der Waals surface area (Å²) in [5.41, 5.74) is 4.06. The van der Waals surface area contributed by atoms with Gasteiger partial charge in [0.15, 0.2) is 5.82 Å². The van der Waals surface area contributed by atoms with Gasteiger partial charge >= 0.3 is 0 Å². The van der Waals surface area contributed by atoms with Crippen molar-refractivity contribution in [3.8, 4) is 11.3 Å². The zero-order valence-electron chi connectivity index (χ0n) is 17.0. The van der Waals surface area contributed by atoms with Gasteiger partial charge in [0.25, 0.3) is 0 Å². The summed E-state index contributed by atoms with van der Waals surface area (Å²) in [5, 5.41) is 14.0. The number of sulfonamides is 1. The predicted octanol–water partition coefficient (Wildman–Crippen LogP) is 4.57. The third-order valence-corrected chi connectivity index (χ3v) is 6.66. The molecule has 3 aromatic carbocycles. The summed E-state index contributed by atoms with van der Waals surface area (Å²) in [5.74, 6) is 0.652. The summed E-state index contributed by atoms with van der Waals surface area (Å²) >= 11 is 0. The smallest absolute Gasteiger partial charge is 0.240 e.